The standard InChI is InChI=1S/C18H20FN/c1-13(15-8-5-9-17(19)10-15)20-18-11-16(12-18)14-6-3-2-4-7-14/h2-10,13,16,18,20H,11-12H2,1H3. The van der Waals surface area contributed by atoms with Crippen LogP contribution in [0.4, 0.5) is 4.39 Å². The van der Waals surface area contributed by atoms with Gasteiger partial charge in [-0.05, 0) is 48.9 Å². The molecule has 104 valence electrons. The molecule has 0 amide bonds. The van der Waals surface area contributed by atoms with Gasteiger partial charge in [-0.15, -0.1) is 0 Å². The largest absolute Gasteiger partial charge is 0.307 e. The van der Waals surface area contributed by atoms with Crippen LogP contribution in [0.5, 0.6) is 0 Å². The number of hydrogen-bond acceptors (Lipinski definition) is 1. The second-order valence-electron chi connectivity index (χ2n) is 5.72. The third-order valence-electron chi connectivity index (χ3n) is 4.24. The molecule has 0 saturated heterocycles. The van der Waals surface area contributed by atoms with Gasteiger partial charge in [0.1, 0.15) is 5.82 Å². The third-order valence-corrected chi connectivity index (χ3v) is 4.24. The summed E-state index contributed by atoms with van der Waals surface area (Å²) >= 11 is 0. The molecule has 0 radical (unpaired) electrons. The van der Waals surface area contributed by atoms with E-state index < -0.39 is 0 Å². The first-order chi connectivity index (χ1) is 9.72. The van der Waals surface area contributed by atoms with Crippen molar-refractivity contribution in [1.29, 1.82) is 0 Å². The van der Waals surface area contributed by atoms with Crippen molar-refractivity contribution in [2.24, 2.45) is 0 Å². The molecular formula is C18H20FN. The van der Waals surface area contributed by atoms with Crippen LogP contribution in [-0.4, -0.2) is 6.04 Å². The molecule has 3 rings (SSSR count). The van der Waals surface area contributed by atoms with Gasteiger partial charge in [0, 0.05) is 12.1 Å². The Morgan fingerprint density at radius 1 is 1.05 bits per heavy atom. The summed E-state index contributed by atoms with van der Waals surface area (Å²) < 4.78 is 13.2. The molecule has 20 heavy (non-hydrogen) atoms. The van der Waals surface area contributed by atoms with Gasteiger partial charge >= 0.3 is 0 Å². The van der Waals surface area contributed by atoms with Gasteiger partial charge in [-0.3, -0.25) is 0 Å². The lowest BCUT2D eigenvalue weighted by Gasteiger charge is -2.38. The van der Waals surface area contributed by atoms with Gasteiger partial charge in [0.2, 0.25) is 0 Å². The lowest BCUT2D eigenvalue weighted by Crippen LogP contribution is -2.41. The minimum absolute atomic E-state index is 0.160. The molecule has 0 heterocycles. The van der Waals surface area contributed by atoms with E-state index in [1.165, 1.54) is 24.5 Å². The zero-order valence-electron chi connectivity index (χ0n) is 11.7. The highest BCUT2D eigenvalue weighted by Gasteiger charge is 2.30. The van der Waals surface area contributed by atoms with E-state index in [1.54, 1.807) is 12.1 Å². The van der Waals surface area contributed by atoms with Crippen molar-refractivity contribution in [3.05, 3.63) is 71.5 Å². The average molecular weight is 269 g/mol. The summed E-state index contributed by atoms with van der Waals surface area (Å²) in [5.41, 5.74) is 2.46. The summed E-state index contributed by atoms with van der Waals surface area (Å²) in [6, 6.07) is 18.3. The Morgan fingerprint density at radius 2 is 1.80 bits per heavy atom. The summed E-state index contributed by atoms with van der Waals surface area (Å²) in [4.78, 5) is 0. The molecule has 1 unspecified atom stereocenters. The van der Waals surface area contributed by atoms with E-state index in [0.717, 1.165) is 5.56 Å². The SMILES string of the molecule is CC(NC1CC(c2ccccc2)C1)c1cccc(F)c1. The Kier molecular flexibility index (Phi) is 3.83. The predicted octanol–water partition coefficient (Wildman–Crippen LogP) is 4.42. The van der Waals surface area contributed by atoms with Gasteiger partial charge < -0.3 is 5.32 Å². The van der Waals surface area contributed by atoms with Gasteiger partial charge in [0.15, 0.2) is 0 Å². The molecule has 1 aliphatic carbocycles. The molecule has 0 spiro atoms. The van der Waals surface area contributed by atoms with Crippen molar-refractivity contribution in [1.82, 2.24) is 5.32 Å². The quantitative estimate of drug-likeness (QED) is 0.866. The first-order valence-electron chi connectivity index (χ1n) is 7.29. The fourth-order valence-corrected chi connectivity index (χ4v) is 2.98. The van der Waals surface area contributed by atoms with E-state index in [4.69, 9.17) is 0 Å². The van der Waals surface area contributed by atoms with Crippen LogP contribution in [0.1, 0.15) is 42.9 Å². The van der Waals surface area contributed by atoms with Crippen molar-refractivity contribution < 1.29 is 4.39 Å². The molecule has 0 aromatic heterocycles. The van der Waals surface area contributed by atoms with Crippen LogP contribution in [0.15, 0.2) is 54.6 Å². The molecule has 1 nitrogen and oxygen atoms in total. The molecule has 0 bridgehead atoms. The Hall–Kier alpha value is -1.67. The van der Waals surface area contributed by atoms with Crippen molar-refractivity contribution in [3.8, 4) is 0 Å². The van der Waals surface area contributed by atoms with Crippen LogP contribution in [0.2, 0.25) is 0 Å². The first-order valence-corrected chi connectivity index (χ1v) is 7.29. The predicted molar refractivity (Wildman–Crippen MR) is 80.2 cm³/mol. The van der Waals surface area contributed by atoms with E-state index >= 15 is 0 Å². The minimum Gasteiger partial charge on any atom is -0.307 e. The normalized spacial score (nSPS) is 23.1. The van der Waals surface area contributed by atoms with Crippen LogP contribution in [0, 0.1) is 5.82 Å². The Balaban J connectivity index is 1.54. The molecule has 1 N–H and O–H groups in total. The lowest BCUT2D eigenvalue weighted by molar-refractivity contribution is 0.270. The van der Waals surface area contributed by atoms with Crippen molar-refractivity contribution in [2.75, 3.05) is 0 Å². The summed E-state index contributed by atoms with van der Waals surface area (Å²) in [7, 11) is 0. The molecule has 1 aliphatic rings. The molecule has 1 fully saturated rings. The van der Waals surface area contributed by atoms with Gasteiger partial charge in [0.05, 0.1) is 0 Å². The smallest absolute Gasteiger partial charge is 0.123 e. The van der Waals surface area contributed by atoms with Gasteiger partial charge in [-0.25, -0.2) is 4.39 Å². The molecule has 2 aromatic rings. The van der Waals surface area contributed by atoms with E-state index in [1.807, 2.05) is 6.07 Å². The van der Waals surface area contributed by atoms with Gasteiger partial charge in [-0.1, -0.05) is 42.5 Å². The van der Waals surface area contributed by atoms with Crippen LogP contribution in [0.3, 0.4) is 0 Å². The molecule has 2 heteroatoms. The monoisotopic (exact) mass is 269 g/mol. The number of halogens is 1. The van der Waals surface area contributed by atoms with Gasteiger partial charge in [-0.2, -0.15) is 0 Å². The van der Waals surface area contributed by atoms with E-state index in [0.29, 0.717) is 12.0 Å². The van der Waals surface area contributed by atoms with Crippen LogP contribution in [0.25, 0.3) is 0 Å². The lowest BCUT2D eigenvalue weighted by atomic mass is 9.75. The highest BCUT2D eigenvalue weighted by molar-refractivity contribution is 5.24. The number of nitrogens with one attached hydrogen (secondary N) is 1. The maximum absolute atomic E-state index is 13.2. The van der Waals surface area contributed by atoms with Crippen LogP contribution in [-0.2, 0) is 0 Å². The minimum atomic E-state index is -0.160. The van der Waals surface area contributed by atoms with Crippen molar-refractivity contribution in [2.45, 2.75) is 37.8 Å². The number of benzene rings is 2. The van der Waals surface area contributed by atoms with E-state index in [9.17, 15) is 4.39 Å². The Labute approximate surface area is 119 Å². The molecule has 1 saturated carbocycles. The summed E-state index contributed by atoms with van der Waals surface area (Å²) in [5.74, 6) is 0.514. The van der Waals surface area contributed by atoms with E-state index in [2.05, 4.69) is 42.6 Å². The van der Waals surface area contributed by atoms with Gasteiger partial charge in [0.25, 0.3) is 0 Å². The number of rotatable bonds is 4. The highest BCUT2D eigenvalue weighted by atomic mass is 19.1. The second kappa shape index (κ2) is 5.76. The Bertz CT molecular complexity index is 561. The third kappa shape index (κ3) is 2.91. The zero-order chi connectivity index (χ0) is 13.9. The van der Waals surface area contributed by atoms with Crippen LogP contribution >= 0.6 is 0 Å². The van der Waals surface area contributed by atoms with Crippen LogP contribution < -0.4 is 5.32 Å². The number of hydrogen-bond donors (Lipinski definition) is 1. The second-order valence-corrected chi connectivity index (χ2v) is 5.72. The fraction of sp³-hybridized carbons (Fsp3) is 0.333. The molecule has 1 atom stereocenters. The Morgan fingerprint density at radius 3 is 2.50 bits per heavy atom. The maximum Gasteiger partial charge on any atom is 0.123 e. The summed E-state index contributed by atoms with van der Waals surface area (Å²) in [5, 5.41) is 3.59. The topological polar surface area (TPSA) is 12.0 Å². The fourth-order valence-electron chi connectivity index (χ4n) is 2.98. The zero-order valence-corrected chi connectivity index (χ0v) is 11.7. The first kappa shape index (κ1) is 13.3. The molecular weight excluding hydrogens is 249 g/mol. The summed E-state index contributed by atoms with van der Waals surface area (Å²) in [6.45, 7) is 2.10. The summed E-state index contributed by atoms with van der Waals surface area (Å²) in [6.07, 6.45) is 2.34. The van der Waals surface area contributed by atoms with Crippen molar-refractivity contribution >= 4 is 0 Å². The maximum atomic E-state index is 13.2. The molecule has 0 aliphatic heterocycles. The highest BCUT2D eigenvalue weighted by Crippen LogP contribution is 2.37. The molecule has 2 aromatic carbocycles. The van der Waals surface area contributed by atoms with E-state index in [-0.39, 0.29) is 11.9 Å². The van der Waals surface area contributed by atoms with Crippen molar-refractivity contribution in [3.63, 3.8) is 0 Å². The average Bonchev–Trinajstić information content (AvgIpc) is 2.43.